The fourth-order valence-electron chi connectivity index (χ4n) is 4.29. The third-order valence-electron chi connectivity index (χ3n) is 6.56. The minimum atomic E-state index is -0.467. The Morgan fingerprint density at radius 2 is 1.10 bits per heavy atom. The second kappa shape index (κ2) is 8.70. The lowest BCUT2D eigenvalue weighted by molar-refractivity contribution is 0.752. The van der Waals surface area contributed by atoms with E-state index in [-0.39, 0.29) is 0 Å². The number of aryl methyl sites for hydroxylation is 2. The molecular weight excluding hydrogens is 439 g/mol. The topological polar surface area (TPSA) is 0 Å². The van der Waals surface area contributed by atoms with Crippen molar-refractivity contribution in [1.82, 2.24) is 0 Å². The first-order valence-electron chi connectivity index (χ1n) is 10.7. The molecule has 0 bridgehead atoms. The highest BCUT2D eigenvalue weighted by Crippen LogP contribution is 2.46. The molecule has 160 valence electrons. The first-order valence-corrected chi connectivity index (χ1v) is 12.3. The van der Waals surface area contributed by atoms with Crippen LogP contribution >= 0.6 is 35.0 Å². The van der Waals surface area contributed by atoms with Crippen LogP contribution in [0.2, 0.25) is 0 Å². The van der Waals surface area contributed by atoms with Crippen molar-refractivity contribution in [2.24, 2.45) is 0 Å². The van der Waals surface area contributed by atoms with E-state index in [4.69, 9.17) is 23.2 Å². The summed E-state index contributed by atoms with van der Waals surface area (Å²) in [6.45, 7) is 8.59. The summed E-state index contributed by atoms with van der Waals surface area (Å²) in [5.41, 5.74) is 7.50. The van der Waals surface area contributed by atoms with Crippen LogP contribution in [-0.4, -0.2) is 0 Å². The van der Waals surface area contributed by atoms with E-state index >= 15 is 0 Å². The third kappa shape index (κ3) is 4.46. The zero-order valence-electron chi connectivity index (χ0n) is 18.5. The standard InChI is InChI=1S/C28H28Cl2S/c1-19-7-5-9-25(21(19)3)27(29)15-11-23(12-16-27)31-24-13-17-28(30,18-14-24)26-10-6-8-20(2)22(26)4/h5-15,17H,16,18H2,1-4H3. The summed E-state index contributed by atoms with van der Waals surface area (Å²) in [4.78, 5) is 1.52. The van der Waals surface area contributed by atoms with Crippen LogP contribution in [0, 0.1) is 27.7 Å². The normalized spacial score (nSPS) is 25.4. The van der Waals surface area contributed by atoms with Gasteiger partial charge in [-0.1, -0.05) is 84.6 Å². The molecule has 2 unspecified atom stereocenters. The number of alkyl halides is 2. The van der Waals surface area contributed by atoms with Crippen molar-refractivity contribution < 1.29 is 0 Å². The third-order valence-corrected chi connectivity index (χ3v) is 8.61. The highest BCUT2D eigenvalue weighted by molar-refractivity contribution is 8.07. The van der Waals surface area contributed by atoms with Gasteiger partial charge in [0.25, 0.3) is 0 Å². The van der Waals surface area contributed by atoms with Crippen molar-refractivity contribution in [2.75, 3.05) is 0 Å². The molecule has 2 aromatic rings. The average molecular weight is 468 g/mol. The van der Waals surface area contributed by atoms with E-state index in [2.05, 4.69) is 101 Å². The summed E-state index contributed by atoms with van der Waals surface area (Å²) in [6, 6.07) is 12.8. The van der Waals surface area contributed by atoms with Gasteiger partial charge in [-0.2, -0.15) is 0 Å². The maximum absolute atomic E-state index is 7.03. The molecule has 0 radical (unpaired) electrons. The average Bonchev–Trinajstić information content (AvgIpc) is 2.75. The van der Waals surface area contributed by atoms with E-state index in [1.807, 2.05) is 0 Å². The molecule has 2 aliphatic carbocycles. The van der Waals surface area contributed by atoms with Gasteiger partial charge >= 0.3 is 0 Å². The minimum Gasteiger partial charge on any atom is -0.109 e. The Morgan fingerprint density at radius 1 is 0.677 bits per heavy atom. The number of allylic oxidation sites excluding steroid dienone is 6. The Bertz CT molecular complexity index is 1050. The predicted octanol–water partition coefficient (Wildman–Crippen LogP) is 8.91. The molecule has 0 spiro atoms. The van der Waals surface area contributed by atoms with E-state index < -0.39 is 9.75 Å². The van der Waals surface area contributed by atoms with Gasteiger partial charge in [0, 0.05) is 9.81 Å². The lowest BCUT2D eigenvalue weighted by Gasteiger charge is -2.29. The fourth-order valence-corrected chi connectivity index (χ4v) is 5.86. The largest absolute Gasteiger partial charge is 0.109 e. The zero-order chi connectivity index (χ0) is 22.2. The first kappa shape index (κ1) is 22.5. The number of hydrogen-bond acceptors (Lipinski definition) is 1. The van der Waals surface area contributed by atoms with Gasteiger partial charge in [0.05, 0.1) is 9.75 Å². The van der Waals surface area contributed by atoms with Gasteiger partial charge in [-0.25, -0.2) is 0 Å². The number of rotatable bonds is 4. The molecule has 0 aromatic heterocycles. The SMILES string of the molecule is Cc1cccc(C2(Cl)C=CC(SC3=CCC(Cl)(c4cccc(C)c4C)C=C3)=CC2)c1C. The summed E-state index contributed by atoms with van der Waals surface area (Å²) in [7, 11) is 0. The predicted molar refractivity (Wildman–Crippen MR) is 138 cm³/mol. The summed E-state index contributed by atoms with van der Waals surface area (Å²) < 4.78 is 0. The number of benzene rings is 2. The highest BCUT2D eigenvalue weighted by Gasteiger charge is 2.31. The molecule has 0 saturated carbocycles. The van der Waals surface area contributed by atoms with Gasteiger partial charge in [0.1, 0.15) is 0 Å². The summed E-state index contributed by atoms with van der Waals surface area (Å²) in [5, 5.41) is 0. The molecule has 0 N–H and O–H groups in total. The molecule has 2 aromatic carbocycles. The van der Waals surface area contributed by atoms with Crippen LogP contribution < -0.4 is 0 Å². The van der Waals surface area contributed by atoms with Crippen LogP contribution in [0.3, 0.4) is 0 Å². The van der Waals surface area contributed by atoms with Crippen molar-refractivity contribution in [3.63, 3.8) is 0 Å². The van der Waals surface area contributed by atoms with Crippen molar-refractivity contribution >= 4 is 35.0 Å². The Kier molecular flexibility index (Phi) is 6.32. The van der Waals surface area contributed by atoms with Crippen LogP contribution in [0.1, 0.15) is 46.2 Å². The van der Waals surface area contributed by atoms with Crippen molar-refractivity contribution in [2.45, 2.75) is 50.3 Å². The Hall–Kier alpha value is -1.67. The van der Waals surface area contributed by atoms with E-state index in [1.54, 1.807) is 11.8 Å². The molecule has 0 amide bonds. The van der Waals surface area contributed by atoms with Gasteiger partial charge in [0.2, 0.25) is 0 Å². The molecule has 0 nitrogen and oxygen atoms in total. The molecule has 0 heterocycles. The first-order chi connectivity index (χ1) is 14.7. The van der Waals surface area contributed by atoms with Crippen LogP contribution in [-0.2, 0) is 9.75 Å². The molecule has 3 heteroatoms. The zero-order valence-corrected chi connectivity index (χ0v) is 20.8. The molecule has 2 aliphatic rings. The highest BCUT2D eigenvalue weighted by atomic mass is 35.5. The molecule has 31 heavy (non-hydrogen) atoms. The second-order valence-corrected chi connectivity index (χ2v) is 11.1. The van der Waals surface area contributed by atoms with E-state index in [9.17, 15) is 0 Å². The number of thioether (sulfide) groups is 1. The maximum atomic E-state index is 7.03. The van der Waals surface area contributed by atoms with Gasteiger partial charge < -0.3 is 0 Å². The fraction of sp³-hybridized carbons (Fsp3) is 0.286. The molecule has 0 fully saturated rings. The smallest absolute Gasteiger partial charge is 0.0915 e. The van der Waals surface area contributed by atoms with E-state index in [1.165, 1.54) is 43.2 Å². The van der Waals surface area contributed by atoms with E-state index in [0.29, 0.717) is 0 Å². The molecule has 4 rings (SSSR count). The summed E-state index contributed by atoms with van der Waals surface area (Å²) >= 11 is 15.8. The van der Waals surface area contributed by atoms with Crippen LogP contribution in [0.5, 0.6) is 0 Å². The van der Waals surface area contributed by atoms with Gasteiger partial charge in [-0.15, -0.1) is 23.2 Å². The van der Waals surface area contributed by atoms with Gasteiger partial charge in [0.15, 0.2) is 0 Å². The summed E-state index contributed by atoms with van der Waals surface area (Å²) in [6.07, 6.45) is 14.7. The number of hydrogen-bond donors (Lipinski definition) is 0. The second-order valence-electron chi connectivity index (χ2n) is 8.61. The minimum absolute atomic E-state index is 0.467. The van der Waals surface area contributed by atoms with E-state index in [0.717, 1.165) is 12.8 Å². The van der Waals surface area contributed by atoms with Crippen molar-refractivity contribution in [3.8, 4) is 0 Å². The Balaban J connectivity index is 1.46. The monoisotopic (exact) mass is 466 g/mol. The number of halogens is 2. The Labute approximate surface area is 200 Å². The molecule has 2 atom stereocenters. The molecule has 0 saturated heterocycles. The lowest BCUT2D eigenvalue weighted by Crippen LogP contribution is -2.19. The molecular formula is C28H28Cl2S. The molecule has 0 aliphatic heterocycles. The van der Waals surface area contributed by atoms with Crippen molar-refractivity contribution in [1.29, 1.82) is 0 Å². The van der Waals surface area contributed by atoms with Gasteiger partial charge in [-0.05, 0) is 73.9 Å². The summed E-state index contributed by atoms with van der Waals surface area (Å²) in [5.74, 6) is 0. The van der Waals surface area contributed by atoms with Crippen LogP contribution in [0.15, 0.2) is 82.7 Å². The lowest BCUT2D eigenvalue weighted by atomic mass is 9.87. The van der Waals surface area contributed by atoms with Crippen LogP contribution in [0.25, 0.3) is 0 Å². The van der Waals surface area contributed by atoms with Crippen molar-refractivity contribution in [3.05, 3.63) is 116 Å². The van der Waals surface area contributed by atoms with Crippen LogP contribution in [0.4, 0.5) is 0 Å². The van der Waals surface area contributed by atoms with Gasteiger partial charge in [-0.3, -0.25) is 0 Å². The Morgan fingerprint density at radius 3 is 1.45 bits per heavy atom. The quantitative estimate of drug-likeness (QED) is 0.405. The maximum Gasteiger partial charge on any atom is 0.0915 e.